The van der Waals surface area contributed by atoms with E-state index in [4.69, 9.17) is 0 Å². The molecule has 0 aliphatic carbocycles. The number of piperidine rings is 1. The number of carbonyl (C=O) groups excluding carboxylic acids is 1. The van der Waals surface area contributed by atoms with E-state index in [2.05, 4.69) is 15.2 Å². The summed E-state index contributed by atoms with van der Waals surface area (Å²) in [5.41, 5.74) is -0.357. The summed E-state index contributed by atoms with van der Waals surface area (Å²) >= 11 is 0. The average Bonchev–Trinajstić information content (AvgIpc) is 2.62. The number of halogens is 3. The Balaban J connectivity index is 1.71. The van der Waals surface area contributed by atoms with Gasteiger partial charge in [-0.1, -0.05) is 18.2 Å². The third kappa shape index (κ3) is 4.10. The second-order valence-electron chi connectivity index (χ2n) is 6.01. The van der Waals surface area contributed by atoms with Crippen molar-refractivity contribution in [2.75, 3.05) is 18.0 Å². The minimum Gasteiger partial charge on any atom is -0.369 e. The van der Waals surface area contributed by atoms with E-state index in [1.54, 1.807) is 0 Å². The second-order valence-corrected chi connectivity index (χ2v) is 6.01. The summed E-state index contributed by atoms with van der Waals surface area (Å²) in [5.74, 6) is -0.713. The predicted octanol–water partition coefficient (Wildman–Crippen LogP) is 3.50. The van der Waals surface area contributed by atoms with Gasteiger partial charge >= 0.3 is 6.18 Å². The molecule has 1 atom stereocenters. The van der Waals surface area contributed by atoms with Gasteiger partial charge in [0.15, 0.2) is 0 Å². The summed E-state index contributed by atoms with van der Waals surface area (Å²) in [6.45, 7) is 1.43. The maximum atomic E-state index is 13.0. The van der Waals surface area contributed by atoms with Gasteiger partial charge in [0.25, 0.3) is 5.91 Å². The monoisotopic (exact) mass is 349 g/mol. The molecule has 1 aromatic heterocycles. The molecule has 132 valence electrons. The fourth-order valence-electron chi connectivity index (χ4n) is 3.05. The molecule has 0 saturated carbocycles. The summed E-state index contributed by atoms with van der Waals surface area (Å²) in [7, 11) is 0. The number of nitrogens with zero attached hydrogens (tertiary/aromatic N) is 2. The molecular formula is C18H18F3N3O. The van der Waals surface area contributed by atoms with Crippen molar-refractivity contribution < 1.29 is 18.0 Å². The van der Waals surface area contributed by atoms with Crippen molar-refractivity contribution in [2.45, 2.75) is 25.1 Å². The van der Waals surface area contributed by atoms with E-state index >= 15 is 0 Å². The van der Waals surface area contributed by atoms with E-state index in [1.807, 2.05) is 30.3 Å². The van der Waals surface area contributed by atoms with Gasteiger partial charge in [0, 0.05) is 37.2 Å². The molecule has 1 amide bonds. The number of rotatable bonds is 3. The van der Waals surface area contributed by atoms with E-state index in [-0.39, 0.29) is 11.6 Å². The van der Waals surface area contributed by atoms with E-state index in [1.165, 1.54) is 6.20 Å². The molecule has 1 fully saturated rings. The Morgan fingerprint density at radius 1 is 1.20 bits per heavy atom. The Labute approximate surface area is 143 Å². The number of para-hydroxylation sites is 1. The fourth-order valence-corrected chi connectivity index (χ4v) is 3.05. The lowest BCUT2D eigenvalue weighted by molar-refractivity contribution is -0.138. The first kappa shape index (κ1) is 17.3. The lowest BCUT2D eigenvalue weighted by Crippen LogP contribution is -2.48. The molecule has 0 unspecified atom stereocenters. The zero-order valence-electron chi connectivity index (χ0n) is 13.5. The average molecular weight is 349 g/mol. The van der Waals surface area contributed by atoms with Crippen molar-refractivity contribution in [2.24, 2.45) is 0 Å². The summed E-state index contributed by atoms with van der Waals surface area (Å²) in [5, 5.41) is 2.74. The van der Waals surface area contributed by atoms with Crippen LogP contribution in [0.5, 0.6) is 0 Å². The number of benzene rings is 1. The third-order valence-electron chi connectivity index (χ3n) is 4.25. The van der Waals surface area contributed by atoms with Crippen molar-refractivity contribution in [3.8, 4) is 0 Å². The molecule has 7 heteroatoms. The molecule has 0 radical (unpaired) electrons. The van der Waals surface area contributed by atoms with Crippen LogP contribution in [0.25, 0.3) is 0 Å². The normalized spacial score (nSPS) is 18.0. The molecule has 2 aromatic rings. The highest BCUT2D eigenvalue weighted by Crippen LogP contribution is 2.31. The highest BCUT2D eigenvalue weighted by molar-refractivity contribution is 5.96. The Hall–Kier alpha value is -2.57. The first-order valence-corrected chi connectivity index (χ1v) is 8.07. The maximum absolute atomic E-state index is 13.0. The van der Waals surface area contributed by atoms with E-state index in [0.29, 0.717) is 12.7 Å². The molecule has 3 rings (SSSR count). The number of amides is 1. The van der Waals surface area contributed by atoms with Crippen LogP contribution in [0.4, 0.5) is 18.9 Å². The molecule has 1 N–H and O–H groups in total. The smallest absolute Gasteiger partial charge is 0.369 e. The Morgan fingerprint density at radius 3 is 2.68 bits per heavy atom. The first-order chi connectivity index (χ1) is 11.9. The largest absolute Gasteiger partial charge is 0.418 e. The van der Waals surface area contributed by atoms with Crippen molar-refractivity contribution in [3.63, 3.8) is 0 Å². The van der Waals surface area contributed by atoms with Gasteiger partial charge in [0.2, 0.25) is 0 Å². The minimum atomic E-state index is -4.61. The molecule has 2 heterocycles. The highest BCUT2D eigenvalue weighted by Gasteiger charge is 2.36. The molecule has 0 spiro atoms. The topological polar surface area (TPSA) is 45.2 Å². The quantitative estimate of drug-likeness (QED) is 0.922. The lowest BCUT2D eigenvalue weighted by atomic mass is 10.0. The molecule has 1 aromatic carbocycles. The summed E-state index contributed by atoms with van der Waals surface area (Å²) in [6, 6.07) is 10.7. The van der Waals surface area contributed by atoms with Gasteiger partial charge in [-0.3, -0.25) is 9.78 Å². The van der Waals surface area contributed by atoms with Gasteiger partial charge in [-0.2, -0.15) is 13.2 Å². The summed E-state index contributed by atoms with van der Waals surface area (Å²) in [6.07, 6.45) is -1.12. The second kappa shape index (κ2) is 7.13. The number of carbonyl (C=O) groups is 1. The Kier molecular flexibility index (Phi) is 4.92. The zero-order chi connectivity index (χ0) is 17.9. The predicted molar refractivity (Wildman–Crippen MR) is 88.4 cm³/mol. The molecule has 25 heavy (non-hydrogen) atoms. The Morgan fingerprint density at radius 2 is 1.96 bits per heavy atom. The number of nitrogens with one attached hydrogen (secondary N) is 1. The fraction of sp³-hybridized carbons (Fsp3) is 0.333. The number of pyridine rings is 1. The summed E-state index contributed by atoms with van der Waals surface area (Å²) < 4.78 is 39.1. The number of alkyl halides is 3. The van der Waals surface area contributed by atoms with Crippen molar-refractivity contribution in [3.05, 3.63) is 59.9 Å². The summed E-state index contributed by atoms with van der Waals surface area (Å²) in [4.78, 5) is 18.0. The van der Waals surface area contributed by atoms with Crippen LogP contribution in [-0.2, 0) is 6.18 Å². The van der Waals surface area contributed by atoms with Crippen LogP contribution in [0.1, 0.15) is 28.8 Å². The van der Waals surface area contributed by atoms with E-state index in [0.717, 1.165) is 31.1 Å². The van der Waals surface area contributed by atoms with Gasteiger partial charge in [0.05, 0.1) is 11.1 Å². The van der Waals surface area contributed by atoms with Gasteiger partial charge < -0.3 is 10.2 Å². The van der Waals surface area contributed by atoms with Crippen molar-refractivity contribution in [1.29, 1.82) is 0 Å². The molecule has 1 aliphatic heterocycles. The minimum absolute atomic E-state index is 0.198. The molecule has 1 aliphatic rings. The molecule has 1 saturated heterocycles. The standard InChI is InChI=1S/C18H18F3N3O/c19-18(20,21)16-11-22-9-8-15(16)17(25)23-13-5-4-10-24(12-13)14-6-2-1-3-7-14/h1-3,6-9,11,13H,4-5,10,12H2,(H,23,25)/t13-/m0/s1. The maximum Gasteiger partial charge on any atom is 0.418 e. The highest BCUT2D eigenvalue weighted by atomic mass is 19.4. The number of aromatic nitrogens is 1. The molecule has 4 nitrogen and oxygen atoms in total. The zero-order valence-corrected chi connectivity index (χ0v) is 13.5. The van der Waals surface area contributed by atoms with Crippen LogP contribution < -0.4 is 10.2 Å². The van der Waals surface area contributed by atoms with Gasteiger partial charge in [0.1, 0.15) is 0 Å². The van der Waals surface area contributed by atoms with E-state index < -0.39 is 17.6 Å². The van der Waals surface area contributed by atoms with E-state index in [9.17, 15) is 18.0 Å². The van der Waals surface area contributed by atoms with Crippen molar-refractivity contribution >= 4 is 11.6 Å². The van der Waals surface area contributed by atoms with Crippen LogP contribution in [0.15, 0.2) is 48.8 Å². The molecular weight excluding hydrogens is 331 g/mol. The van der Waals surface area contributed by atoms with Crippen LogP contribution in [0.3, 0.4) is 0 Å². The van der Waals surface area contributed by atoms with Crippen LogP contribution >= 0.6 is 0 Å². The van der Waals surface area contributed by atoms with Gasteiger partial charge in [-0.05, 0) is 31.0 Å². The first-order valence-electron chi connectivity index (χ1n) is 8.07. The van der Waals surface area contributed by atoms with Crippen LogP contribution in [0.2, 0.25) is 0 Å². The third-order valence-corrected chi connectivity index (χ3v) is 4.25. The Bertz CT molecular complexity index is 734. The number of hydrogen-bond donors (Lipinski definition) is 1. The van der Waals surface area contributed by atoms with Crippen LogP contribution in [-0.4, -0.2) is 30.0 Å². The SMILES string of the molecule is O=C(N[C@H]1CCCN(c2ccccc2)C1)c1ccncc1C(F)(F)F. The van der Waals surface area contributed by atoms with Gasteiger partial charge in [-0.15, -0.1) is 0 Å². The van der Waals surface area contributed by atoms with Crippen molar-refractivity contribution in [1.82, 2.24) is 10.3 Å². The lowest BCUT2D eigenvalue weighted by Gasteiger charge is -2.34. The van der Waals surface area contributed by atoms with Crippen LogP contribution in [0, 0.1) is 0 Å². The number of hydrogen-bond acceptors (Lipinski definition) is 3. The number of anilines is 1. The molecule has 0 bridgehead atoms. The van der Waals surface area contributed by atoms with Gasteiger partial charge in [-0.25, -0.2) is 0 Å².